The highest BCUT2D eigenvalue weighted by atomic mass is 16.5. The monoisotopic (exact) mass is 295 g/mol. The molecule has 0 heterocycles. The number of carbonyl (C=O) groups is 2. The van der Waals surface area contributed by atoms with Crippen LogP contribution < -0.4 is 14.8 Å². The van der Waals surface area contributed by atoms with E-state index in [1.54, 1.807) is 25.1 Å². The predicted octanol–water partition coefficient (Wildman–Crippen LogP) is 2.39. The van der Waals surface area contributed by atoms with Crippen LogP contribution in [0.4, 0.5) is 5.69 Å². The molecule has 0 aliphatic carbocycles. The van der Waals surface area contributed by atoms with E-state index >= 15 is 0 Å². The first-order chi connectivity index (χ1) is 9.90. The summed E-state index contributed by atoms with van der Waals surface area (Å²) in [5.74, 6) is -1.65. The number of hydrogen-bond donors (Lipinski definition) is 2. The smallest absolute Gasteiger partial charge is 0.307 e. The lowest BCUT2D eigenvalue weighted by Crippen LogP contribution is -2.29. The Hall–Kier alpha value is -2.24. The van der Waals surface area contributed by atoms with Crippen LogP contribution in [-0.2, 0) is 9.59 Å². The number of ether oxygens (including phenoxy) is 2. The van der Waals surface area contributed by atoms with Crippen LogP contribution in [0, 0.1) is 11.8 Å². The van der Waals surface area contributed by atoms with E-state index in [2.05, 4.69) is 5.32 Å². The van der Waals surface area contributed by atoms with E-state index in [-0.39, 0.29) is 5.91 Å². The van der Waals surface area contributed by atoms with Gasteiger partial charge in [-0.1, -0.05) is 13.8 Å². The summed E-state index contributed by atoms with van der Waals surface area (Å²) in [6.45, 7) is 5.41. The van der Waals surface area contributed by atoms with E-state index < -0.39 is 17.8 Å². The summed E-state index contributed by atoms with van der Waals surface area (Å²) in [5.41, 5.74) is 0.536. The molecule has 0 radical (unpaired) electrons. The second-order valence-corrected chi connectivity index (χ2v) is 4.70. The van der Waals surface area contributed by atoms with Gasteiger partial charge in [-0.25, -0.2) is 0 Å². The van der Waals surface area contributed by atoms with Gasteiger partial charge in [-0.2, -0.15) is 0 Å². The largest absolute Gasteiger partial charge is 0.493 e. The first-order valence-electron chi connectivity index (χ1n) is 6.75. The minimum absolute atomic E-state index is 0.350. The zero-order chi connectivity index (χ0) is 16.0. The molecule has 0 saturated heterocycles. The zero-order valence-corrected chi connectivity index (χ0v) is 12.7. The number of rotatable bonds is 7. The molecule has 2 N–H and O–H groups in total. The molecule has 0 fully saturated rings. The number of hydrogen-bond acceptors (Lipinski definition) is 4. The fraction of sp³-hybridized carbons (Fsp3) is 0.467. The Morgan fingerprint density at radius 3 is 2.43 bits per heavy atom. The number of carbonyl (C=O) groups excluding carboxylic acids is 1. The zero-order valence-electron chi connectivity index (χ0n) is 12.7. The summed E-state index contributed by atoms with van der Waals surface area (Å²) in [7, 11) is 1.53. The van der Waals surface area contributed by atoms with Gasteiger partial charge in [-0.05, 0) is 19.1 Å². The number of amides is 1. The highest BCUT2D eigenvalue weighted by molar-refractivity contribution is 5.95. The summed E-state index contributed by atoms with van der Waals surface area (Å²) in [6.07, 6.45) is 0. The van der Waals surface area contributed by atoms with Crippen molar-refractivity contribution >= 4 is 17.6 Å². The molecule has 1 aromatic rings. The molecular formula is C15H21NO5. The molecule has 2 atom stereocenters. The molecule has 0 aliphatic rings. The molecular weight excluding hydrogens is 274 g/mol. The van der Waals surface area contributed by atoms with Gasteiger partial charge in [0.15, 0.2) is 11.5 Å². The molecule has 0 bridgehead atoms. The lowest BCUT2D eigenvalue weighted by atomic mass is 9.95. The quantitative estimate of drug-likeness (QED) is 0.806. The van der Waals surface area contributed by atoms with Gasteiger partial charge in [0.25, 0.3) is 0 Å². The third-order valence-corrected chi connectivity index (χ3v) is 3.28. The molecule has 0 spiro atoms. The second kappa shape index (κ2) is 7.52. The Labute approximate surface area is 124 Å². The molecule has 1 amide bonds. The minimum Gasteiger partial charge on any atom is -0.493 e. The molecule has 0 aromatic heterocycles. The van der Waals surface area contributed by atoms with Gasteiger partial charge in [-0.15, -0.1) is 0 Å². The van der Waals surface area contributed by atoms with Gasteiger partial charge >= 0.3 is 5.97 Å². The van der Waals surface area contributed by atoms with E-state index in [0.29, 0.717) is 23.8 Å². The lowest BCUT2D eigenvalue weighted by Gasteiger charge is -2.17. The van der Waals surface area contributed by atoms with Crippen LogP contribution in [0.3, 0.4) is 0 Å². The molecule has 6 heteroatoms. The second-order valence-electron chi connectivity index (χ2n) is 4.70. The van der Waals surface area contributed by atoms with Crippen molar-refractivity contribution in [2.24, 2.45) is 11.8 Å². The summed E-state index contributed by atoms with van der Waals surface area (Å²) in [6, 6.07) is 5.02. The van der Waals surface area contributed by atoms with E-state index in [9.17, 15) is 9.59 Å². The van der Waals surface area contributed by atoms with Crippen molar-refractivity contribution in [2.75, 3.05) is 19.0 Å². The standard InChI is InChI=1S/C15H21NO5/c1-5-21-13-8-11(6-7-12(13)20-4)16-14(17)9(2)10(3)15(18)19/h6-10H,5H2,1-4H3,(H,16,17)(H,18,19). The van der Waals surface area contributed by atoms with E-state index in [0.717, 1.165) is 0 Å². The summed E-state index contributed by atoms with van der Waals surface area (Å²) in [4.78, 5) is 22.9. The van der Waals surface area contributed by atoms with Crippen molar-refractivity contribution in [3.8, 4) is 11.5 Å². The first-order valence-corrected chi connectivity index (χ1v) is 6.75. The van der Waals surface area contributed by atoms with Gasteiger partial charge in [-0.3, -0.25) is 9.59 Å². The maximum atomic E-state index is 12.0. The summed E-state index contributed by atoms with van der Waals surface area (Å²) >= 11 is 0. The average molecular weight is 295 g/mol. The number of carboxylic acids is 1. The Morgan fingerprint density at radius 2 is 1.90 bits per heavy atom. The van der Waals surface area contributed by atoms with Crippen LogP contribution in [0.2, 0.25) is 0 Å². The molecule has 2 unspecified atom stereocenters. The molecule has 0 saturated carbocycles. The van der Waals surface area contributed by atoms with Gasteiger partial charge in [0.1, 0.15) is 0 Å². The number of anilines is 1. The van der Waals surface area contributed by atoms with Gasteiger partial charge in [0.05, 0.1) is 19.6 Å². The lowest BCUT2D eigenvalue weighted by molar-refractivity contribution is -0.145. The Kier molecular flexibility index (Phi) is 6.02. The fourth-order valence-corrected chi connectivity index (χ4v) is 1.72. The van der Waals surface area contributed by atoms with Crippen LogP contribution in [-0.4, -0.2) is 30.7 Å². The van der Waals surface area contributed by atoms with Gasteiger partial charge in [0, 0.05) is 17.7 Å². The van der Waals surface area contributed by atoms with Crippen molar-refractivity contribution < 1.29 is 24.2 Å². The van der Waals surface area contributed by atoms with Crippen LogP contribution in [0.5, 0.6) is 11.5 Å². The summed E-state index contributed by atoms with van der Waals surface area (Å²) in [5, 5.41) is 11.6. The van der Waals surface area contributed by atoms with Crippen molar-refractivity contribution in [2.45, 2.75) is 20.8 Å². The molecule has 1 rings (SSSR count). The maximum absolute atomic E-state index is 12.0. The molecule has 1 aromatic carbocycles. The third kappa shape index (κ3) is 4.37. The maximum Gasteiger partial charge on any atom is 0.307 e. The normalized spacial score (nSPS) is 13.1. The Balaban J connectivity index is 2.85. The number of nitrogens with one attached hydrogen (secondary N) is 1. The van der Waals surface area contributed by atoms with Crippen LogP contribution in [0.15, 0.2) is 18.2 Å². The Morgan fingerprint density at radius 1 is 1.24 bits per heavy atom. The van der Waals surface area contributed by atoms with E-state index in [1.165, 1.54) is 14.0 Å². The van der Waals surface area contributed by atoms with Crippen molar-refractivity contribution in [1.82, 2.24) is 0 Å². The van der Waals surface area contributed by atoms with E-state index in [1.807, 2.05) is 6.92 Å². The topological polar surface area (TPSA) is 84.9 Å². The SMILES string of the molecule is CCOc1cc(NC(=O)C(C)C(C)C(=O)O)ccc1OC. The first kappa shape index (κ1) is 16.8. The van der Waals surface area contributed by atoms with Crippen molar-refractivity contribution in [3.63, 3.8) is 0 Å². The number of carboxylic acid groups (broad SMARTS) is 1. The van der Waals surface area contributed by atoms with E-state index in [4.69, 9.17) is 14.6 Å². The summed E-state index contributed by atoms with van der Waals surface area (Å²) < 4.78 is 10.6. The molecule has 116 valence electrons. The highest BCUT2D eigenvalue weighted by Gasteiger charge is 2.25. The number of methoxy groups -OCH3 is 1. The minimum atomic E-state index is -0.998. The average Bonchev–Trinajstić information content (AvgIpc) is 2.46. The van der Waals surface area contributed by atoms with Crippen molar-refractivity contribution in [3.05, 3.63) is 18.2 Å². The van der Waals surface area contributed by atoms with Crippen molar-refractivity contribution in [1.29, 1.82) is 0 Å². The molecule has 6 nitrogen and oxygen atoms in total. The number of aliphatic carboxylic acids is 1. The predicted molar refractivity (Wildman–Crippen MR) is 78.8 cm³/mol. The third-order valence-electron chi connectivity index (χ3n) is 3.28. The fourth-order valence-electron chi connectivity index (χ4n) is 1.72. The van der Waals surface area contributed by atoms with Crippen LogP contribution in [0.1, 0.15) is 20.8 Å². The Bertz CT molecular complexity index is 515. The highest BCUT2D eigenvalue weighted by Crippen LogP contribution is 2.30. The van der Waals surface area contributed by atoms with Crippen LogP contribution >= 0.6 is 0 Å². The van der Waals surface area contributed by atoms with Gasteiger partial charge < -0.3 is 19.9 Å². The number of benzene rings is 1. The van der Waals surface area contributed by atoms with Gasteiger partial charge in [0.2, 0.25) is 5.91 Å². The van der Waals surface area contributed by atoms with Crippen LogP contribution in [0.25, 0.3) is 0 Å². The molecule has 21 heavy (non-hydrogen) atoms. The molecule has 0 aliphatic heterocycles.